The molecule has 4 rings (SSSR count). The molecule has 2 heterocycles. The van der Waals surface area contributed by atoms with Crippen molar-refractivity contribution in [3.05, 3.63) is 53.9 Å². The summed E-state index contributed by atoms with van der Waals surface area (Å²) in [7, 11) is 0. The summed E-state index contributed by atoms with van der Waals surface area (Å²) in [5, 5.41) is 8.92. The van der Waals surface area contributed by atoms with Crippen LogP contribution in [0.15, 0.2) is 38.2 Å². The summed E-state index contributed by atoms with van der Waals surface area (Å²) in [4.78, 5) is 13.2. The second-order valence-electron chi connectivity index (χ2n) is 7.28. The van der Waals surface area contributed by atoms with Gasteiger partial charge in [0.05, 0.1) is 0 Å². The molecule has 30 heavy (non-hydrogen) atoms. The number of rotatable bonds is 4. The van der Waals surface area contributed by atoms with Crippen LogP contribution in [0.3, 0.4) is 0 Å². The van der Waals surface area contributed by atoms with Gasteiger partial charge in [-0.2, -0.15) is 0 Å². The molecule has 0 aliphatic heterocycles. The number of benzene rings is 1. The molecule has 1 aliphatic rings. The molecule has 1 aromatic carbocycles. The Kier molecular flexibility index (Phi) is 7.49. The number of carbonyl (C=O) groups is 1. The molecule has 9 heteroatoms. The Balaban J connectivity index is 1.76. The van der Waals surface area contributed by atoms with Gasteiger partial charge >= 0.3 is 210 Å². The van der Waals surface area contributed by atoms with Crippen molar-refractivity contribution in [1.29, 1.82) is 0 Å². The molecule has 158 valence electrons. The van der Waals surface area contributed by atoms with Crippen LogP contribution in [0, 0.1) is 0 Å². The maximum absolute atomic E-state index is 13.2. The van der Waals surface area contributed by atoms with Crippen LogP contribution < -0.4 is 5.32 Å². The summed E-state index contributed by atoms with van der Waals surface area (Å²) < 4.78 is 4.67. The first kappa shape index (κ1) is 22.6. The van der Waals surface area contributed by atoms with Crippen LogP contribution in [0.1, 0.15) is 49.0 Å². The quantitative estimate of drug-likeness (QED) is 0.250. The molecule has 3 aromatic rings. The number of amides is 1. The molecule has 0 unspecified atom stereocenters. The topological polar surface area (TPSA) is 46.9 Å². The average molecular weight is 639 g/mol. The SMILES string of the molecule is O=C(NC1CCCCCC1)c1nn(-c2ccc(Cl)cc2Cl)c(-c2ccc(Br)[se]2)c1Br. The van der Waals surface area contributed by atoms with Crippen LogP contribution in [-0.2, 0) is 0 Å². The number of halogens is 4. The van der Waals surface area contributed by atoms with Gasteiger partial charge in [0, 0.05) is 0 Å². The van der Waals surface area contributed by atoms with E-state index in [1.165, 1.54) is 12.8 Å². The van der Waals surface area contributed by atoms with Gasteiger partial charge in [-0.1, -0.05) is 0 Å². The third kappa shape index (κ3) is 4.92. The van der Waals surface area contributed by atoms with Crippen molar-refractivity contribution in [2.45, 2.75) is 44.6 Å². The summed E-state index contributed by atoms with van der Waals surface area (Å²) in [6, 6.07) is 9.57. The van der Waals surface area contributed by atoms with Crippen LogP contribution in [0.4, 0.5) is 0 Å². The molecule has 2 aromatic heterocycles. The van der Waals surface area contributed by atoms with Gasteiger partial charge in [0.2, 0.25) is 0 Å². The fourth-order valence-electron chi connectivity index (χ4n) is 3.70. The fraction of sp³-hybridized carbons (Fsp3) is 0.333. The monoisotopic (exact) mass is 637 g/mol. The Hall–Kier alpha value is -0.561. The minimum absolute atomic E-state index is 0.0915. The molecule has 1 N–H and O–H groups in total. The standard InChI is InChI=1S/C21H19Br2Cl2N3OSe/c22-17-10-9-16(30-17)20-18(23)19(21(29)26-13-5-3-1-2-4-6-13)27-28(20)15-8-7-12(24)11-14(15)25/h7-11,13H,1-6H2,(H,26,29). The Labute approximate surface area is 208 Å². The Morgan fingerprint density at radius 1 is 1.10 bits per heavy atom. The van der Waals surface area contributed by atoms with Crippen LogP contribution in [0.5, 0.6) is 0 Å². The molecule has 0 spiro atoms. The summed E-state index contributed by atoms with van der Waals surface area (Å²) in [5.74, 6) is -0.156. The molecular weight excluding hydrogens is 620 g/mol. The first-order chi connectivity index (χ1) is 14.4. The van der Waals surface area contributed by atoms with E-state index in [1.54, 1.807) is 16.8 Å². The number of nitrogens with zero attached hydrogens (tertiary/aromatic N) is 2. The second kappa shape index (κ2) is 9.93. The fourth-order valence-corrected chi connectivity index (χ4v) is 7.78. The van der Waals surface area contributed by atoms with E-state index in [0.29, 0.717) is 25.9 Å². The summed E-state index contributed by atoms with van der Waals surface area (Å²) in [6.45, 7) is 0. The normalized spacial score (nSPS) is 15.2. The van der Waals surface area contributed by atoms with Gasteiger partial charge in [0.25, 0.3) is 0 Å². The maximum atomic E-state index is 13.2. The van der Waals surface area contributed by atoms with Crippen molar-refractivity contribution in [3.8, 4) is 15.8 Å². The Bertz CT molecular complexity index is 1070. The molecule has 0 radical (unpaired) electrons. The molecule has 0 bridgehead atoms. The number of hydrogen-bond acceptors (Lipinski definition) is 2. The van der Waals surface area contributed by atoms with Gasteiger partial charge in [-0.3, -0.25) is 0 Å². The molecule has 1 fully saturated rings. The van der Waals surface area contributed by atoms with E-state index in [-0.39, 0.29) is 26.5 Å². The molecule has 1 amide bonds. The number of carbonyl (C=O) groups excluding carboxylic acids is 1. The molecule has 1 aliphatic carbocycles. The van der Waals surface area contributed by atoms with Crippen molar-refractivity contribution < 1.29 is 4.79 Å². The second-order valence-corrected chi connectivity index (χ2v) is 13.2. The van der Waals surface area contributed by atoms with E-state index in [2.05, 4.69) is 48.3 Å². The zero-order valence-electron chi connectivity index (χ0n) is 15.9. The van der Waals surface area contributed by atoms with Gasteiger partial charge in [0.15, 0.2) is 0 Å². The summed E-state index contributed by atoms with van der Waals surface area (Å²) in [6.07, 6.45) is 6.82. The summed E-state index contributed by atoms with van der Waals surface area (Å²) in [5.41, 5.74) is 1.90. The van der Waals surface area contributed by atoms with Crippen molar-refractivity contribution in [3.63, 3.8) is 0 Å². The third-order valence-electron chi connectivity index (χ3n) is 5.18. The minimum atomic E-state index is -0.156. The van der Waals surface area contributed by atoms with Crippen molar-refractivity contribution in [1.82, 2.24) is 15.1 Å². The molecule has 0 atom stereocenters. The predicted octanol–water partition coefficient (Wildman–Crippen LogP) is 6.88. The molecule has 0 saturated heterocycles. The zero-order valence-corrected chi connectivity index (χ0v) is 22.3. The summed E-state index contributed by atoms with van der Waals surface area (Å²) >= 11 is 19.9. The molecule has 1 saturated carbocycles. The van der Waals surface area contributed by atoms with E-state index in [0.717, 1.165) is 39.2 Å². The third-order valence-corrected chi connectivity index (χ3v) is 9.42. The molecular formula is C21H19Br2Cl2N3OSe. The Morgan fingerprint density at radius 3 is 2.47 bits per heavy atom. The number of nitrogens with one attached hydrogen (secondary N) is 1. The van der Waals surface area contributed by atoms with E-state index >= 15 is 0 Å². The number of hydrogen-bond donors (Lipinski definition) is 1. The predicted molar refractivity (Wildman–Crippen MR) is 130 cm³/mol. The van der Waals surface area contributed by atoms with Gasteiger partial charge in [-0.15, -0.1) is 0 Å². The average Bonchev–Trinajstić information content (AvgIpc) is 3.16. The van der Waals surface area contributed by atoms with Gasteiger partial charge in [-0.25, -0.2) is 0 Å². The van der Waals surface area contributed by atoms with E-state index in [1.807, 2.05) is 12.1 Å². The zero-order chi connectivity index (χ0) is 21.3. The van der Waals surface area contributed by atoms with Crippen LogP contribution in [0.2, 0.25) is 10.0 Å². The van der Waals surface area contributed by atoms with Crippen LogP contribution in [0.25, 0.3) is 15.8 Å². The van der Waals surface area contributed by atoms with E-state index in [9.17, 15) is 4.79 Å². The van der Waals surface area contributed by atoms with Crippen LogP contribution >= 0.6 is 55.1 Å². The first-order valence-electron chi connectivity index (χ1n) is 9.74. The first-order valence-corrected chi connectivity index (χ1v) is 13.8. The van der Waals surface area contributed by atoms with Gasteiger partial charge in [0.1, 0.15) is 0 Å². The Morgan fingerprint density at radius 2 is 1.83 bits per heavy atom. The van der Waals surface area contributed by atoms with Crippen molar-refractivity contribution >= 4 is 75.5 Å². The van der Waals surface area contributed by atoms with Crippen LogP contribution in [-0.4, -0.2) is 36.2 Å². The van der Waals surface area contributed by atoms with Gasteiger partial charge < -0.3 is 0 Å². The van der Waals surface area contributed by atoms with Gasteiger partial charge in [-0.05, 0) is 0 Å². The number of aromatic nitrogens is 2. The molecule has 4 nitrogen and oxygen atoms in total. The van der Waals surface area contributed by atoms with Crippen molar-refractivity contribution in [2.75, 3.05) is 0 Å². The van der Waals surface area contributed by atoms with E-state index in [4.69, 9.17) is 23.2 Å². The van der Waals surface area contributed by atoms with E-state index < -0.39 is 0 Å². The van der Waals surface area contributed by atoms with Crippen molar-refractivity contribution in [2.24, 2.45) is 0 Å².